The average Bonchev–Trinajstić information content (AvgIpc) is 2.95. The minimum Gasteiger partial charge on any atom is -0.282 e. The second-order valence-electron chi connectivity index (χ2n) is 4.97. The SMILES string of the molecule is N#CC1(N2CCCC2)CCc2cc(F)ccc21. The van der Waals surface area contributed by atoms with Crippen molar-refractivity contribution in [1.82, 2.24) is 4.90 Å². The standard InChI is InChI=1S/C14H15FN2/c15-12-3-4-13-11(9-12)5-6-14(13,10-16)17-7-1-2-8-17/h3-4,9H,1-2,5-8H2. The molecule has 3 heteroatoms. The van der Waals surface area contributed by atoms with Crippen molar-refractivity contribution >= 4 is 0 Å². The van der Waals surface area contributed by atoms with Crippen LogP contribution in [0.4, 0.5) is 4.39 Å². The second kappa shape index (κ2) is 3.82. The maximum atomic E-state index is 13.2. The fraction of sp³-hybridized carbons (Fsp3) is 0.500. The molecule has 1 atom stereocenters. The van der Waals surface area contributed by atoms with E-state index in [1.54, 1.807) is 12.1 Å². The van der Waals surface area contributed by atoms with Gasteiger partial charge in [0.05, 0.1) is 6.07 Å². The highest BCUT2D eigenvalue weighted by Gasteiger charge is 2.44. The summed E-state index contributed by atoms with van der Waals surface area (Å²) in [5.41, 5.74) is 1.56. The summed E-state index contributed by atoms with van der Waals surface area (Å²) >= 11 is 0. The molecule has 1 aliphatic carbocycles. The number of rotatable bonds is 1. The summed E-state index contributed by atoms with van der Waals surface area (Å²) in [5, 5.41) is 9.61. The van der Waals surface area contributed by atoms with Gasteiger partial charge >= 0.3 is 0 Å². The number of nitrogens with zero attached hydrogens (tertiary/aromatic N) is 2. The van der Waals surface area contributed by atoms with Crippen molar-refractivity contribution in [3.63, 3.8) is 0 Å². The normalized spacial score (nSPS) is 28.0. The third-order valence-electron chi connectivity index (χ3n) is 4.10. The first-order valence-corrected chi connectivity index (χ1v) is 6.21. The first-order chi connectivity index (χ1) is 8.26. The zero-order valence-corrected chi connectivity index (χ0v) is 9.75. The molecule has 0 N–H and O–H groups in total. The lowest BCUT2D eigenvalue weighted by molar-refractivity contribution is 0.174. The molecular formula is C14H15FN2. The van der Waals surface area contributed by atoms with Crippen molar-refractivity contribution in [3.05, 3.63) is 35.1 Å². The van der Waals surface area contributed by atoms with Crippen LogP contribution in [0.15, 0.2) is 18.2 Å². The molecule has 1 aromatic carbocycles. The summed E-state index contributed by atoms with van der Waals surface area (Å²) in [6.45, 7) is 1.98. The Morgan fingerprint density at radius 1 is 1.29 bits per heavy atom. The van der Waals surface area contributed by atoms with E-state index < -0.39 is 5.54 Å². The van der Waals surface area contributed by atoms with Crippen molar-refractivity contribution in [3.8, 4) is 6.07 Å². The quantitative estimate of drug-likeness (QED) is 0.741. The molecule has 0 saturated carbocycles. The van der Waals surface area contributed by atoms with Crippen molar-refractivity contribution in [2.75, 3.05) is 13.1 Å². The Labute approximate surface area is 101 Å². The maximum Gasteiger partial charge on any atom is 0.135 e. The van der Waals surface area contributed by atoms with E-state index in [2.05, 4.69) is 11.0 Å². The monoisotopic (exact) mass is 230 g/mol. The van der Waals surface area contributed by atoms with E-state index in [1.807, 2.05) is 0 Å². The zero-order chi connectivity index (χ0) is 11.9. The molecular weight excluding hydrogens is 215 g/mol. The van der Waals surface area contributed by atoms with E-state index >= 15 is 0 Å². The van der Waals surface area contributed by atoms with E-state index in [0.717, 1.165) is 37.1 Å². The molecule has 1 saturated heterocycles. The fourth-order valence-corrected chi connectivity index (χ4v) is 3.24. The summed E-state index contributed by atoms with van der Waals surface area (Å²) in [6, 6.07) is 7.37. The Hall–Kier alpha value is -1.40. The number of halogens is 1. The highest BCUT2D eigenvalue weighted by molar-refractivity contribution is 5.44. The molecule has 1 fully saturated rings. The van der Waals surface area contributed by atoms with Crippen molar-refractivity contribution in [2.24, 2.45) is 0 Å². The summed E-state index contributed by atoms with van der Waals surface area (Å²) in [5.74, 6) is -0.195. The van der Waals surface area contributed by atoms with Crippen LogP contribution in [0, 0.1) is 17.1 Å². The summed E-state index contributed by atoms with van der Waals surface area (Å²) in [4.78, 5) is 2.27. The van der Waals surface area contributed by atoms with Crippen LogP contribution in [0.25, 0.3) is 0 Å². The second-order valence-corrected chi connectivity index (χ2v) is 4.97. The number of hydrogen-bond donors (Lipinski definition) is 0. The molecule has 1 aliphatic heterocycles. The summed E-state index contributed by atoms with van der Waals surface area (Å²) in [6.07, 6.45) is 3.96. The van der Waals surface area contributed by atoms with Crippen molar-refractivity contribution < 1.29 is 4.39 Å². The minimum atomic E-state index is -0.487. The molecule has 17 heavy (non-hydrogen) atoms. The van der Waals surface area contributed by atoms with Gasteiger partial charge < -0.3 is 0 Å². The number of hydrogen-bond acceptors (Lipinski definition) is 2. The van der Waals surface area contributed by atoms with Crippen LogP contribution in [0.3, 0.4) is 0 Å². The molecule has 0 amide bonds. The molecule has 1 heterocycles. The van der Waals surface area contributed by atoms with E-state index in [0.29, 0.717) is 0 Å². The Kier molecular flexibility index (Phi) is 2.41. The van der Waals surface area contributed by atoms with Crippen LogP contribution >= 0.6 is 0 Å². The first kappa shape index (κ1) is 10.7. The predicted octanol–water partition coefficient (Wildman–Crippen LogP) is 2.59. The molecule has 88 valence electrons. The minimum absolute atomic E-state index is 0.195. The van der Waals surface area contributed by atoms with Crippen LogP contribution < -0.4 is 0 Å². The molecule has 1 unspecified atom stereocenters. The molecule has 3 rings (SSSR count). The van der Waals surface area contributed by atoms with E-state index in [-0.39, 0.29) is 5.82 Å². The molecule has 0 radical (unpaired) electrons. The van der Waals surface area contributed by atoms with Crippen LogP contribution in [-0.4, -0.2) is 18.0 Å². The number of nitriles is 1. The van der Waals surface area contributed by atoms with Gasteiger partial charge in [-0.1, -0.05) is 6.07 Å². The van der Waals surface area contributed by atoms with Gasteiger partial charge in [0.15, 0.2) is 0 Å². The molecule has 0 spiro atoms. The smallest absolute Gasteiger partial charge is 0.135 e. The average molecular weight is 230 g/mol. The Bertz CT molecular complexity index is 485. The van der Waals surface area contributed by atoms with E-state index in [4.69, 9.17) is 0 Å². The third-order valence-corrected chi connectivity index (χ3v) is 4.10. The van der Waals surface area contributed by atoms with E-state index in [9.17, 15) is 9.65 Å². The third kappa shape index (κ3) is 1.48. The lowest BCUT2D eigenvalue weighted by Gasteiger charge is -2.33. The maximum absolute atomic E-state index is 13.2. The van der Waals surface area contributed by atoms with Crippen molar-refractivity contribution in [1.29, 1.82) is 5.26 Å². The largest absolute Gasteiger partial charge is 0.282 e. The predicted molar refractivity (Wildman–Crippen MR) is 62.8 cm³/mol. The van der Waals surface area contributed by atoms with Gasteiger partial charge in [-0.3, -0.25) is 4.90 Å². The topological polar surface area (TPSA) is 27.0 Å². The number of benzene rings is 1. The number of likely N-dealkylation sites (tertiary alicyclic amines) is 1. The highest BCUT2D eigenvalue weighted by atomic mass is 19.1. The van der Waals surface area contributed by atoms with Gasteiger partial charge in [0.1, 0.15) is 11.4 Å². The van der Waals surface area contributed by atoms with Gasteiger partial charge in [-0.2, -0.15) is 5.26 Å². The Morgan fingerprint density at radius 2 is 2.06 bits per heavy atom. The lowest BCUT2D eigenvalue weighted by Crippen LogP contribution is -2.41. The van der Waals surface area contributed by atoms with Gasteiger partial charge in [-0.15, -0.1) is 0 Å². The molecule has 2 nitrogen and oxygen atoms in total. The Morgan fingerprint density at radius 3 is 2.76 bits per heavy atom. The highest BCUT2D eigenvalue weighted by Crippen LogP contribution is 2.42. The Balaban J connectivity index is 2.07. The van der Waals surface area contributed by atoms with E-state index in [1.165, 1.54) is 18.9 Å². The van der Waals surface area contributed by atoms with Gasteiger partial charge in [-0.25, -0.2) is 4.39 Å². The zero-order valence-electron chi connectivity index (χ0n) is 9.75. The fourth-order valence-electron chi connectivity index (χ4n) is 3.24. The van der Waals surface area contributed by atoms with Crippen LogP contribution in [0.1, 0.15) is 30.4 Å². The van der Waals surface area contributed by atoms with Crippen molar-refractivity contribution in [2.45, 2.75) is 31.2 Å². The number of aryl methyl sites for hydroxylation is 1. The molecule has 2 aliphatic rings. The first-order valence-electron chi connectivity index (χ1n) is 6.21. The molecule has 0 bridgehead atoms. The van der Waals surface area contributed by atoms with Crippen LogP contribution in [0.2, 0.25) is 0 Å². The lowest BCUT2D eigenvalue weighted by atomic mass is 9.91. The van der Waals surface area contributed by atoms with Gasteiger partial charge in [0.2, 0.25) is 0 Å². The van der Waals surface area contributed by atoms with Gasteiger partial charge in [0, 0.05) is 13.1 Å². The van der Waals surface area contributed by atoms with Crippen LogP contribution in [-0.2, 0) is 12.0 Å². The molecule has 1 aromatic rings. The summed E-state index contributed by atoms with van der Waals surface area (Å²) < 4.78 is 13.2. The van der Waals surface area contributed by atoms with Crippen LogP contribution in [0.5, 0.6) is 0 Å². The number of fused-ring (bicyclic) bond motifs is 1. The van der Waals surface area contributed by atoms with Gasteiger partial charge in [-0.05, 0) is 48.9 Å². The molecule has 0 aromatic heterocycles. The van der Waals surface area contributed by atoms with Gasteiger partial charge in [0.25, 0.3) is 0 Å². The summed E-state index contributed by atoms with van der Waals surface area (Å²) in [7, 11) is 0.